The lowest BCUT2D eigenvalue weighted by molar-refractivity contribution is -0.127. The van der Waals surface area contributed by atoms with Crippen LogP contribution in [0.3, 0.4) is 0 Å². The second-order valence-electron chi connectivity index (χ2n) is 17.1. The second-order valence-corrected chi connectivity index (χ2v) is 17.1. The first kappa shape index (κ1) is 46.8. The zero-order chi connectivity index (χ0) is 46.1. The van der Waals surface area contributed by atoms with Crippen LogP contribution < -0.4 is 31.3 Å². The Balaban J connectivity index is 1.10. The van der Waals surface area contributed by atoms with Crippen molar-refractivity contribution >= 4 is 46.9 Å². The summed E-state index contributed by atoms with van der Waals surface area (Å²) in [6, 6.07) is 24.3. The van der Waals surface area contributed by atoms with Crippen molar-refractivity contribution in [2.45, 2.75) is 103 Å². The maximum absolute atomic E-state index is 14.1. The Morgan fingerprint density at radius 2 is 1.58 bits per heavy atom. The summed E-state index contributed by atoms with van der Waals surface area (Å²) in [6.45, 7) is 9.22. The number of nitrogens with one attached hydrogen (secondary N) is 3. The molecule has 6 rings (SSSR count). The molecule has 0 bridgehead atoms. The van der Waals surface area contributed by atoms with Gasteiger partial charge in [-0.15, -0.1) is 0 Å². The van der Waals surface area contributed by atoms with Gasteiger partial charge >= 0.3 is 12.2 Å². The van der Waals surface area contributed by atoms with Crippen molar-refractivity contribution in [2.75, 3.05) is 23.9 Å². The van der Waals surface area contributed by atoms with Crippen molar-refractivity contribution in [1.29, 1.82) is 0 Å². The molecule has 2 heterocycles. The van der Waals surface area contributed by atoms with Crippen molar-refractivity contribution < 1.29 is 43.3 Å². The number of hydrogen-bond donors (Lipinski definition) is 5. The Morgan fingerprint density at radius 1 is 0.891 bits per heavy atom. The molecule has 2 aliphatic rings. The van der Waals surface area contributed by atoms with E-state index in [0.29, 0.717) is 42.8 Å². The van der Waals surface area contributed by atoms with E-state index in [1.165, 1.54) is 4.90 Å². The van der Waals surface area contributed by atoms with Crippen LogP contribution in [0.4, 0.5) is 21.0 Å². The molecule has 5 amide bonds. The van der Waals surface area contributed by atoms with Gasteiger partial charge < -0.3 is 45.9 Å². The summed E-state index contributed by atoms with van der Waals surface area (Å²) in [5, 5.41) is 20.3. The van der Waals surface area contributed by atoms with E-state index in [2.05, 4.69) is 16.0 Å². The van der Waals surface area contributed by atoms with E-state index in [1.807, 2.05) is 68.4 Å². The minimum absolute atomic E-state index is 0.177. The number of benzene rings is 4. The summed E-state index contributed by atoms with van der Waals surface area (Å²) in [7, 11) is 1.58. The molecule has 0 radical (unpaired) electrons. The Bertz CT molecular complexity index is 2350. The molecule has 4 aromatic carbocycles. The molecule has 0 aromatic heterocycles. The average molecular weight is 875 g/mol. The van der Waals surface area contributed by atoms with E-state index in [9.17, 15) is 29.1 Å². The first-order valence-corrected chi connectivity index (χ1v) is 21.4. The van der Waals surface area contributed by atoms with Gasteiger partial charge in [0.15, 0.2) is 6.23 Å². The fourth-order valence-corrected chi connectivity index (χ4v) is 7.54. The number of aliphatic hydroxyl groups excluding tert-OH is 1. The molecule has 0 spiro atoms. The van der Waals surface area contributed by atoms with Gasteiger partial charge in [-0.3, -0.25) is 14.4 Å². The normalized spacial score (nSPS) is 16.6. The number of nitrogens with two attached hydrogens (primary N) is 1. The molecular formula is C49H58N6O9. The molecule has 4 aromatic rings. The fourth-order valence-electron chi connectivity index (χ4n) is 7.54. The number of amides is 5. The number of hydrogen-bond acceptors (Lipinski definition) is 10. The van der Waals surface area contributed by atoms with Crippen LogP contribution in [0.5, 0.6) is 5.75 Å². The summed E-state index contributed by atoms with van der Waals surface area (Å²) in [5.74, 6) is -0.593. The number of unbranched alkanes of at least 4 members (excludes halogenated alkanes) is 1. The van der Waals surface area contributed by atoms with Gasteiger partial charge in [0, 0.05) is 18.4 Å². The maximum Gasteiger partial charge on any atom is 0.416 e. The van der Waals surface area contributed by atoms with Crippen molar-refractivity contribution in [3.05, 3.63) is 131 Å². The molecule has 4 atom stereocenters. The number of aliphatic hydroxyl groups is 1. The van der Waals surface area contributed by atoms with E-state index in [4.69, 9.17) is 19.9 Å². The van der Waals surface area contributed by atoms with E-state index in [0.717, 1.165) is 32.7 Å². The number of ether oxygens (including phenoxy) is 3. The predicted octanol–water partition coefficient (Wildman–Crippen LogP) is 6.73. The molecule has 6 N–H and O–H groups in total. The van der Waals surface area contributed by atoms with E-state index < -0.39 is 54.0 Å². The van der Waals surface area contributed by atoms with E-state index >= 15 is 0 Å². The smallest absolute Gasteiger partial charge is 0.416 e. The molecular weight excluding hydrogens is 817 g/mol. The number of aryl methyl sites for hydroxylation is 2. The third-order valence-electron chi connectivity index (χ3n) is 11.1. The van der Waals surface area contributed by atoms with Gasteiger partial charge in [0.1, 0.15) is 24.0 Å². The highest BCUT2D eigenvalue weighted by Gasteiger charge is 2.45. The molecule has 2 aliphatic heterocycles. The number of methoxy groups -OCH3 is 1. The number of alkyl carbamates (subject to hydrolysis) is 1. The highest BCUT2D eigenvalue weighted by atomic mass is 16.6. The lowest BCUT2D eigenvalue weighted by Gasteiger charge is -2.31. The molecule has 0 fully saturated rings. The summed E-state index contributed by atoms with van der Waals surface area (Å²) in [4.78, 5) is 69.7. The standard InChI is InChI=1S/C49H58N6O9/c1-30-24-38-41(25-31(30)2)55(46(59)42-27-35(28-54(42)45(38)58)34-17-21-37(62-6)22-18-34)48(61)63-29-33-15-19-36(20-16-33)52-44(57)40(14-10-11-23-51-47(60)64-49(3,4)5)53-43(56)39(50)26-32-12-8-7-9-13-32/h7-9,12-13,15-22,24-25,28,39-40,42,46,59H,10-11,14,23,26-27,29,50H2,1-6H3,(H,51,60)(H,52,57)(H,53,56)/t39-,40-,42-,46-/m0/s1. The van der Waals surface area contributed by atoms with Gasteiger partial charge in [0.25, 0.3) is 5.91 Å². The van der Waals surface area contributed by atoms with Gasteiger partial charge in [0.05, 0.1) is 30.4 Å². The summed E-state index contributed by atoms with van der Waals surface area (Å²) in [5.41, 5.74) is 11.4. The zero-order valence-electron chi connectivity index (χ0n) is 37.2. The lowest BCUT2D eigenvalue weighted by atomic mass is 10.0. The molecule has 15 nitrogen and oxygen atoms in total. The van der Waals surface area contributed by atoms with E-state index in [-0.39, 0.29) is 36.6 Å². The Labute approximate surface area is 373 Å². The van der Waals surface area contributed by atoms with Crippen LogP contribution in [0.2, 0.25) is 0 Å². The summed E-state index contributed by atoms with van der Waals surface area (Å²) < 4.78 is 16.4. The Kier molecular flexibility index (Phi) is 15.1. The van der Waals surface area contributed by atoms with Crippen molar-refractivity contribution in [3.63, 3.8) is 0 Å². The van der Waals surface area contributed by atoms with Crippen molar-refractivity contribution in [1.82, 2.24) is 15.5 Å². The quantitative estimate of drug-likeness (QED) is 0.0798. The van der Waals surface area contributed by atoms with Gasteiger partial charge in [-0.05, 0) is 137 Å². The van der Waals surface area contributed by atoms with Crippen LogP contribution in [0.25, 0.3) is 5.57 Å². The second kappa shape index (κ2) is 20.6. The maximum atomic E-state index is 14.1. The van der Waals surface area contributed by atoms with Gasteiger partial charge in [-0.25, -0.2) is 14.5 Å². The predicted molar refractivity (Wildman–Crippen MR) is 243 cm³/mol. The Morgan fingerprint density at radius 3 is 2.25 bits per heavy atom. The lowest BCUT2D eigenvalue weighted by Crippen LogP contribution is -2.50. The summed E-state index contributed by atoms with van der Waals surface area (Å²) >= 11 is 0. The van der Waals surface area contributed by atoms with Crippen molar-refractivity contribution in [3.8, 4) is 5.75 Å². The molecule has 338 valence electrons. The fraction of sp³-hybridized carbons (Fsp3) is 0.367. The largest absolute Gasteiger partial charge is 0.497 e. The average Bonchev–Trinajstić information content (AvgIpc) is 3.69. The highest BCUT2D eigenvalue weighted by molar-refractivity contribution is 6.06. The van der Waals surface area contributed by atoms with Gasteiger partial charge in [-0.2, -0.15) is 0 Å². The number of anilines is 2. The third kappa shape index (κ3) is 11.8. The third-order valence-corrected chi connectivity index (χ3v) is 11.1. The first-order valence-electron chi connectivity index (χ1n) is 21.4. The number of fused-ring (bicyclic) bond motifs is 2. The molecule has 0 saturated carbocycles. The minimum atomic E-state index is -1.44. The van der Waals surface area contributed by atoms with Crippen LogP contribution in [0, 0.1) is 13.8 Å². The number of carbonyl (C=O) groups is 5. The first-order chi connectivity index (χ1) is 30.5. The number of nitrogens with zero attached hydrogens (tertiary/aromatic N) is 2. The monoisotopic (exact) mass is 874 g/mol. The zero-order valence-corrected chi connectivity index (χ0v) is 37.2. The molecule has 0 saturated heterocycles. The highest BCUT2D eigenvalue weighted by Crippen LogP contribution is 2.40. The van der Waals surface area contributed by atoms with Crippen LogP contribution in [0.1, 0.15) is 84.6 Å². The van der Waals surface area contributed by atoms with Crippen LogP contribution in [-0.4, -0.2) is 83.5 Å². The molecule has 64 heavy (non-hydrogen) atoms. The SMILES string of the molecule is COc1ccc(C2=CN3C(=O)c4cc(C)c(C)cc4N(C(=O)OCc4ccc(NC(=O)[C@H](CCCCNC(=O)OC(C)(C)C)NC(=O)[C@@H](N)Cc5ccccc5)cc4)[C@@H](O)[C@@H]3C2)cc1. The van der Waals surface area contributed by atoms with E-state index in [1.54, 1.807) is 70.5 Å². The molecule has 0 aliphatic carbocycles. The molecule has 15 heteroatoms. The minimum Gasteiger partial charge on any atom is -0.497 e. The number of carbonyl (C=O) groups excluding carboxylic acids is 5. The van der Waals surface area contributed by atoms with Gasteiger partial charge in [0.2, 0.25) is 11.8 Å². The van der Waals surface area contributed by atoms with Crippen LogP contribution in [-0.2, 0) is 32.1 Å². The van der Waals surface area contributed by atoms with Crippen LogP contribution in [0.15, 0.2) is 97.2 Å². The number of rotatable bonds is 15. The van der Waals surface area contributed by atoms with Crippen molar-refractivity contribution in [2.24, 2.45) is 5.73 Å². The van der Waals surface area contributed by atoms with Crippen LogP contribution >= 0.6 is 0 Å². The Hall–Kier alpha value is -6.71. The summed E-state index contributed by atoms with van der Waals surface area (Å²) in [6.07, 6.45) is 0.786. The topological polar surface area (TPSA) is 202 Å². The molecule has 0 unspecified atom stereocenters. The van der Waals surface area contributed by atoms with Gasteiger partial charge in [-0.1, -0.05) is 54.6 Å².